The zero-order valence-electron chi connectivity index (χ0n) is 15.3. The SMILES string of the molecule is CC(C)(C)N(CCCN1CCN(c2ccc(N)cc2F)CC1)C(=O)O. The third kappa shape index (κ3) is 5.22. The second-order valence-electron chi connectivity index (χ2n) is 7.50. The largest absolute Gasteiger partial charge is 0.465 e. The van der Waals surface area contributed by atoms with E-state index in [9.17, 15) is 14.3 Å². The van der Waals surface area contributed by atoms with Gasteiger partial charge in [-0.1, -0.05) is 0 Å². The molecule has 1 aromatic rings. The summed E-state index contributed by atoms with van der Waals surface area (Å²) in [5, 5.41) is 9.31. The van der Waals surface area contributed by atoms with Crippen LogP contribution in [-0.4, -0.2) is 65.8 Å². The molecule has 0 aromatic heterocycles. The van der Waals surface area contributed by atoms with Crippen molar-refractivity contribution in [2.45, 2.75) is 32.7 Å². The smallest absolute Gasteiger partial charge is 0.407 e. The molecule has 2 rings (SSSR count). The van der Waals surface area contributed by atoms with Crippen molar-refractivity contribution in [3.63, 3.8) is 0 Å². The average molecular weight is 352 g/mol. The Labute approximate surface area is 149 Å². The van der Waals surface area contributed by atoms with Crippen LogP contribution in [0.15, 0.2) is 18.2 Å². The molecule has 1 aliphatic rings. The van der Waals surface area contributed by atoms with Crippen LogP contribution < -0.4 is 10.6 Å². The molecule has 0 saturated carbocycles. The highest BCUT2D eigenvalue weighted by Crippen LogP contribution is 2.23. The Balaban J connectivity index is 1.80. The third-order valence-electron chi connectivity index (χ3n) is 4.58. The first kappa shape index (κ1) is 19.3. The van der Waals surface area contributed by atoms with E-state index in [0.29, 0.717) is 17.9 Å². The topological polar surface area (TPSA) is 73.0 Å². The summed E-state index contributed by atoms with van der Waals surface area (Å²) in [6.45, 7) is 10.3. The number of hydrogen-bond acceptors (Lipinski definition) is 4. The van der Waals surface area contributed by atoms with E-state index in [4.69, 9.17) is 5.73 Å². The second kappa shape index (κ2) is 7.91. The van der Waals surface area contributed by atoms with Gasteiger partial charge in [0.1, 0.15) is 5.82 Å². The Morgan fingerprint density at radius 2 is 1.92 bits per heavy atom. The Bertz CT molecular complexity index is 595. The lowest BCUT2D eigenvalue weighted by Gasteiger charge is -2.37. The molecule has 1 amide bonds. The van der Waals surface area contributed by atoms with Crippen molar-refractivity contribution in [2.24, 2.45) is 0 Å². The van der Waals surface area contributed by atoms with Crippen LogP contribution in [0, 0.1) is 5.82 Å². The number of amides is 1. The first-order chi connectivity index (χ1) is 11.7. The number of rotatable bonds is 5. The summed E-state index contributed by atoms with van der Waals surface area (Å²) in [6, 6.07) is 4.81. The number of anilines is 2. The van der Waals surface area contributed by atoms with Crippen molar-refractivity contribution in [1.82, 2.24) is 9.80 Å². The maximum atomic E-state index is 14.0. The van der Waals surface area contributed by atoms with Crippen molar-refractivity contribution in [1.29, 1.82) is 0 Å². The maximum Gasteiger partial charge on any atom is 0.407 e. The van der Waals surface area contributed by atoms with E-state index in [0.717, 1.165) is 39.1 Å². The van der Waals surface area contributed by atoms with Gasteiger partial charge in [0, 0.05) is 44.0 Å². The molecule has 6 nitrogen and oxygen atoms in total. The molecule has 25 heavy (non-hydrogen) atoms. The van der Waals surface area contributed by atoms with Crippen LogP contribution in [0.2, 0.25) is 0 Å². The van der Waals surface area contributed by atoms with E-state index in [1.165, 1.54) is 11.0 Å². The van der Waals surface area contributed by atoms with Crippen molar-refractivity contribution in [3.8, 4) is 0 Å². The second-order valence-corrected chi connectivity index (χ2v) is 7.50. The molecule has 1 fully saturated rings. The average Bonchev–Trinajstić information content (AvgIpc) is 2.51. The van der Waals surface area contributed by atoms with Crippen LogP contribution in [-0.2, 0) is 0 Å². The standard InChI is InChI=1S/C18H29FN4O2/c1-18(2,3)23(17(24)25)8-4-7-21-9-11-22(12-10-21)16-6-5-14(20)13-15(16)19/h5-6,13H,4,7-12,20H2,1-3H3,(H,24,25). The summed E-state index contributed by atoms with van der Waals surface area (Å²) < 4.78 is 14.0. The predicted molar refractivity (Wildman–Crippen MR) is 98.6 cm³/mol. The summed E-state index contributed by atoms with van der Waals surface area (Å²) in [5.41, 5.74) is 6.23. The normalized spacial score (nSPS) is 16.1. The van der Waals surface area contributed by atoms with Gasteiger partial charge in [-0.15, -0.1) is 0 Å². The minimum atomic E-state index is -0.879. The van der Waals surface area contributed by atoms with Gasteiger partial charge in [0.05, 0.1) is 5.69 Å². The first-order valence-corrected chi connectivity index (χ1v) is 8.71. The fourth-order valence-electron chi connectivity index (χ4n) is 3.16. The van der Waals surface area contributed by atoms with Crippen LogP contribution in [0.1, 0.15) is 27.2 Å². The van der Waals surface area contributed by atoms with E-state index < -0.39 is 11.6 Å². The molecular weight excluding hydrogens is 323 g/mol. The summed E-state index contributed by atoms with van der Waals surface area (Å²) in [7, 11) is 0. The number of halogens is 1. The van der Waals surface area contributed by atoms with Gasteiger partial charge in [-0.2, -0.15) is 0 Å². The summed E-state index contributed by atoms with van der Waals surface area (Å²) in [4.78, 5) is 17.2. The number of carboxylic acid groups (broad SMARTS) is 1. The monoisotopic (exact) mass is 352 g/mol. The summed E-state index contributed by atoms with van der Waals surface area (Å²) in [5.74, 6) is -0.282. The molecule has 0 radical (unpaired) electrons. The fourth-order valence-corrected chi connectivity index (χ4v) is 3.16. The minimum absolute atomic E-state index is 0.282. The molecule has 1 heterocycles. The van der Waals surface area contributed by atoms with E-state index in [1.807, 2.05) is 25.7 Å². The zero-order chi connectivity index (χ0) is 18.6. The number of nitrogens with two attached hydrogens (primary N) is 1. The van der Waals surface area contributed by atoms with Gasteiger partial charge in [-0.3, -0.25) is 4.90 Å². The Kier molecular flexibility index (Phi) is 6.11. The minimum Gasteiger partial charge on any atom is -0.465 e. The number of nitrogen functional groups attached to an aromatic ring is 1. The molecule has 0 spiro atoms. The van der Waals surface area contributed by atoms with Crippen LogP contribution in [0.25, 0.3) is 0 Å². The Morgan fingerprint density at radius 3 is 2.44 bits per heavy atom. The highest BCUT2D eigenvalue weighted by atomic mass is 19.1. The number of carbonyl (C=O) groups is 1. The van der Waals surface area contributed by atoms with Crippen LogP contribution in [0.5, 0.6) is 0 Å². The number of hydrogen-bond donors (Lipinski definition) is 2. The van der Waals surface area contributed by atoms with Gasteiger partial charge < -0.3 is 20.6 Å². The number of piperazine rings is 1. The van der Waals surface area contributed by atoms with Gasteiger partial charge in [-0.25, -0.2) is 9.18 Å². The number of nitrogens with zero attached hydrogens (tertiary/aromatic N) is 3. The highest BCUT2D eigenvalue weighted by Gasteiger charge is 2.26. The van der Waals surface area contributed by atoms with Crippen molar-refractivity contribution < 1.29 is 14.3 Å². The Hall–Kier alpha value is -2.02. The zero-order valence-corrected chi connectivity index (χ0v) is 15.3. The molecule has 0 atom stereocenters. The summed E-state index contributed by atoms with van der Waals surface area (Å²) >= 11 is 0. The lowest BCUT2D eigenvalue weighted by atomic mass is 10.1. The molecule has 0 bridgehead atoms. The van der Waals surface area contributed by atoms with E-state index in [2.05, 4.69) is 4.90 Å². The maximum absolute atomic E-state index is 14.0. The number of benzene rings is 1. The van der Waals surface area contributed by atoms with Crippen molar-refractivity contribution in [2.75, 3.05) is 49.9 Å². The fraction of sp³-hybridized carbons (Fsp3) is 0.611. The molecule has 7 heteroatoms. The highest BCUT2D eigenvalue weighted by molar-refractivity contribution is 5.65. The van der Waals surface area contributed by atoms with Gasteiger partial charge in [0.15, 0.2) is 0 Å². The van der Waals surface area contributed by atoms with E-state index in [1.54, 1.807) is 12.1 Å². The lowest BCUT2D eigenvalue weighted by Crippen LogP contribution is -2.49. The van der Waals surface area contributed by atoms with Crippen molar-refractivity contribution in [3.05, 3.63) is 24.0 Å². The molecular formula is C18H29FN4O2. The van der Waals surface area contributed by atoms with E-state index >= 15 is 0 Å². The molecule has 1 aliphatic heterocycles. The first-order valence-electron chi connectivity index (χ1n) is 8.71. The third-order valence-corrected chi connectivity index (χ3v) is 4.58. The van der Waals surface area contributed by atoms with Crippen LogP contribution >= 0.6 is 0 Å². The van der Waals surface area contributed by atoms with E-state index in [-0.39, 0.29) is 5.82 Å². The quantitative estimate of drug-likeness (QED) is 0.797. The molecule has 1 aromatic carbocycles. The van der Waals surface area contributed by atoms with Gasteiger partial charge in [-0.05, 0) is 51.9 Å². The lowest BCUT2D eigenvalue weighted by molar-refractivity contribution is 0.0962. The van der Waals surface area contributed by atoms with Crippen LogP contribution in [0.4, 0.5) is 20.6 Å². The van der Waals surface area contributed by atoms with Crippen molar-refractivity contribution >= 4 is 17.5 Å². The Morgan fingerprint density at radius 1 is 1.28 bits per heavy atom. The molecule has 140 valence electrons. The van der Waals surface area contributed by atoms with Gasteiger partial charge in [0.2, 0.25) is 0 Å². The van der Waals surface area contributed by atoms with Gasteiger partial charge >= 0.3 is 6.09 Å². The molecule has 3 N–H and O–H groups in total. The summed E-state index contributed by atoms with van der Waals surface area (Å²) in [6.07, 6.45) is -0.0871. The van der Waals surface area contributed by atoms with Crippen LogP contribution in [0.3, 0.4) is 0 Å². The molecule has 0 aliphatic carbocycles. The predicted octanol–water partition coefficient (Wildman–Crippen LogP) is 2.70. The molecule has 1 saturated heterocycles. The van der Waals surface area contributed by atoms with Gasteiger partial charge in [0.25, 0.3) is 0 Å². The molecule has 0 unspecified atom stereocenters.